The second kappa shape index (κ2) is 8.52. The summed E-state index contributed by atoms with van der Waals surface area (Å²) in [5, 5.41) is 7.53. The third-order valence-electron chi connectivity index (χ3n) is 6.34. The number of allylic oxidation sites excluding steroid dienone is 2. The molecule has 2 aromatic rings. The largest absolute Gasteiger partial charge is 0.454 e. The lowest BCUT2D eigenvalue weighted by atomic mass is 9.93. The second-order valence-electron chi connectivity index (χ2n) is 8.37. The van der Waals surface area contributed by atoms with Crippen molar-refractivity contribution in [2.45, 2.75) is 38.1 Å². The molecule has 1 aromatic carbocycles. The number of hydrogen-bond acceptors (Lipinski definition) is 5. The minimum atomic E-state index is -0.169. The molecule has 158 valence electrons. The molecule has 0 spiro atoms. The number of amides is 1. The maximum Gasteiger partial charge on any atom is 0.256 e. The van der Waals surface area contributed by atoms with Gasteiger partial charge in [0, 0.05) is 31.3 Å². The maximum atomic E-state index is 12.8. The van der Waals surface area contributed by atoms with Crippen molar-refractivity contribution in [3.63, 3.8) is 0 Å². The van der Waals surface area contributed by atoms with Gasteiger partial charge >= 0.3 is 0 Å². The van der Waals surface area contributed by atoms with Gasteiger partial charge in [-0.1, -0.05) is 12.2 Å². The molecule has 1 aromatic heterocycles. The number of carbonyl (C=O) groups is 1. The zero-order valence-corrected chi connectivity index (χ0v) is 17.1. The molecule has 7 heteroatoms. The first-order valence-electron chi connectivity index (χ1n) is 10.9. The van der Waals surface area contributed by atoms with Crippen molar-refractivity contribution >= 4 is 11.7 Å². The molecule has 1 N–H and O–H groups in total. The van der Waals surface area contributed by atoms with Crippen LogP contribution in [0.4, 0.5) is 5.82 Å². The van der Waals surface area contributed by atoms with E-state index in [1.54, 1.807) is 24.4 Å². The summed E-state index contributed by atoms with van der Waals surface area (Å²) in [6, 6.07) is 7.42. The van der Waals surface area contributed by atoms with Gasteiger partial charge in [-0.15, -0.1) is 0 Å². The molecule has 5 rings (SSSR count). The second-order valence-corrected chi connectivity index (χ2v) is 8.37. The van der Waals surface area contributed by atoms with Gasteiger partial charge in [0.05, 0.1) is 12.2 Å². The van der Waals surface area contributed by atoms with Crippen LogP contribution in [0.25, 0.3) is 0 Å². The van der Waals surface area contributed by atoms with Crippen LogP contribution in [0.3, 0.4) is 0 Å². The Morgan fingerprint density at radius 2 is 1.97 bits per heavy atom. The Morgan fingerprint density at radius 3 is 2.80 bits per heavy atom. The summed E-state index contributed by atoms with van der Waals surface area (Å²) >= 11 is 0. The van der Waals surface area contributed by atoms with Gasteiger partial charge in [0.1, 0.15) is 5.82 Å². The van der Waals surface area contributed by atoms with E-state index < -0.39 is 0 Å². The molecule has 3 aliphatic rings. The molecule has 7 nitrogen and oxygen atoms in total. The summed E-state index contributed by atoms with van der Waals surface area (Å²) in [5.41, 5.74) is 0.545. The fourth-order valence-electron chi connectivity index (χ4n) is 4.66. The van der Waals surface area contributed by atoms with Gasteiger partial charge in [-0.2, -0.15) is 5.10 Å². The van der Waals surface area contributed by atoms with Gasteiger partial charge < -0.3 is 19.7 Å². The monoisotopic (exact) mass is 408 g/mol. The predicted octanol–water partition coefficient (Wildman–Crippen LogP) is 3.86. The molecule has 1 atom stereocenters. The third-order valence-corrected chi connectivity index (χ3v) is 6.34. The number of ether oxygens (including phenoxy) is 2. The van der Waals surface area contributed by atoms with Crippen LogP contribution < -0.4 is 14.8 Å². The number of nitrogens with zero attached hydrogens (tertiary/aromatic N) is 3. The number of piperidine rings is 1. The average molecular weight is 409 g/mol. The number of carbonyl (C=O) groups excluding carboxylic acids is 1. The van der Waals surface area contributed by atoms with E-state index in [2.05, 4.69) is 27.5 Å². The first kappa shape index (κ1) is 19.2. The molecule has 0 bridgehead atoms. The summed E-state index contributed by atoms with van der Waals surface area (Å²) in [5.74, 6) is 2.66. The lowest BCUT2D eigenvalue weighted by Crippen LogP contribution is -2.38. The van der Waals surface area contributed by atoms with Crippen molar-refractivity contribution in [1.29, 1.82) is 0 Å². The number of likely N-dealkylation sites (tertiary alicyclic amines) is 1. The van der Waals surface area contributed by atoms with Gasteiger partial charge in [-0.25, -0.2) is 4.68 Å². The SMILES string of the molecule is O=C(Nc1ccnn1C1CCN(C[C@@H]2CC=CCC2)CC1)c1ccc2c(c1)OCO2. The molecule has 1 fully saturated rings. The van der Waals surface area contributed by atoms with Gasteiger partial charge in [0.25, 0.3) is 5.91 Å². The summed E-state index contributed by atoms with van der Waals surface area (Å²) < 4.78 is 12.7. The Morgan fingerprint density at radius 1 is 1.10 bits per heavy atom. The van der Waals surface area contributed by atoms with Gasteiger partial charge in [0.2, 0.25) is 6.79 Å². The number of anilines is 1. The Balaban J connectivity index is 1.19. The minimum absolute atomic E-state index is 0.169. The van der Waals surface area contributed by atoms with Gasteiger partial charge in [-0.05, 0) is 56.2 Å². The van der Waals surface area contributed by atoms with E-state index in [0.29, 0.717) is 23.1 Å². The van der Waals surface area contributed by atoms with E-state index in [4.69, 9.17) is 9.47 Å². The molecular weight excluding hydrogens is 380 g/mol. The molecule has 0 unspecified atom stereocenters. The molecule has 2 aliphatic heterocycles. The zero-order valence-electron chi connectivity index (χ0n) is 17.1. The number of nitrogens with one attached hydrogen (secondary N) is 1. The van der Waals surface area contributed by atoms with Crippen LogP contribution in [0, 0.1) is 5.92 Å². The smallest absolute Gasteiger partial charge is 0.256 e. The number of aromatic nitrogens is 2. The van der Waals surface area contributed by atoms with Crippen molar-refractivity contribution in [3.05, 3.63) is 48.2 Å². The topological polar surface area (TPSA) is 68.6 Å². The maximum absolute atomic E-state index is 12.8. The number of benzene rings is 1. The first-order chi connectivity index (χ1) is 14.8. The van der Waals surface area contributed by atoms with Crippen LogP contribution in [-0.4, -0.2) is 47.0 Å². The van der Waals surface area contributed by atoms with Crippen molar-refractivity contribution < 1.29 is 14.3 Å². The van der Waals surface area contributed by atoms with Crippen LogP contribution in [0.2, 0.25) is 0 Å². The fraction of sp³-hybridized carbons (Fsp3) is 0.478. The quantitative estimate of drug-likeness (QED) is 0.761. The van der Waals surface area contributed by atoms with Crippen LogP contribution in [-0.2, 0) is 0 Å². The van der Waals surface area contributed by atoms with E-state index in [9.17, 15) is 4.79 Å². The van der Waals surface area contributed by atoms with E-state index in [1.165, 1.54) is 25.8 Å². The molecule has 0 saturated carbocycles. The zero-order chi connectivity index (χ0) is 20.3. The minimum Gasteiger partial charge on any atom is -0.454 e. The standard InChI is InChI=1S/C23H28N4O3/c28-23(18-6-7-20-21(14-18)30-16-29-20)25-22-8-11-24-27(22)19-9-12-26(13-10-19)15-17-4-2-1-3-5-17/h1-2,6-8,11,14,17,19H,3-5,9-10,12-13,15-16H2,(H,25,28)/t17-/m1/s1. The molecule has 1 saturated heterocycles. The molecule has 30 heavy (non-hydrogen) atoms. The van der Waals surface area contributed by atoms with E-state index in [1.807, 2.05) is 10.7 Å². The molecule has 1 amide bonds. The highest BCUT2D eigenvalue weighted by Crippen LogP contribution is 2.33. The fourth-order valence-corrected chi connectivity index (χ4v) is 4.66. The van der Waals surface area contributed by atoms with Crippen molar-refractivity contribution in [3.8, 4) is 11.5 Å². The lowest BCUT2D eigenvalue weighted by Gasteiger charge is -2.35. The van der Waals surface area contributed by atoms with Crippen molar-refractivity contribution in [2.24, 2.45) is 5.92 Å². The molecule has 1 aliphatic carbocycles. The van der Waals surface area contributed by atoms with E-state index >= 15 is 0 Å². The highest BCUT2D eigenvalue weighted by atomic mass is 16.7. The lowest BCUT2D eigenvalue weighted by molar-refractivity contribution is 0.102. The van der Waals surface area contributed by atoms with Gasteiger partial charge in [-0.3, -0.25) is 4.79 Å². The van der Waals surface area contributed by atoms with E-state index in [0.717, 1.165) is 37.7 Å². The number of rotatable bonds is 5. The van der Waals surface area contributed by atoms with Gasteiger partial charge in [0.15, 0.2) is 11.5 Å². The van der Waals surface area contributed by atoms with Crippen LogP contribution in [0.5, 0.6) is 11.5 Å². The predicted molar refractivity (Wildman–Crippen MR) is 114 cm³/mol. The number of hydrogen-bond donors (Lipinski definition) is 1. The van der Waals surface area contributed by atoms with Crippen LogP contribution in [0.1, 0.15) is 48.5 Å². The average Bonchev–Trinajstić information content (AvgIpc) is 3.44. The van der Waals surface area contributed by atoms with E-state index in [-0.39, 0.29) is 12.7 Å². The summed E-state index contributed by atoms with van der Waals surface area (Å²) in [6.07, 6.45) is 12.3. The summed E-state index contributed by atoms with van der Waals surface area (Å²) in [4.78, 5) is 15.3. The first-order valence-corrected chi connectivity index (χ1v) is 10.9. The Labute approximate surface area is 176 Å². The Hall–Kier alpha value is -2.80. The third kappa shape index (κ3) is 4.07. The highest BCUT2D eigenvalue weighted by Gasteiger charge is 2.25. The van der Waals surface area contributed by atoms with Crippen molar-refractivity contribution in [1.82, 2.24) is 14.7 Å². The highest BCUT2D eigenvalue weighted by molar-refractivity contribution is 6.04. The Kier molecular flexibility index (Phi) is 5.45. The molecule has 3 heterocycles. The molecular formula is C23H28N4O3. The number of fused-ring (bicyclic) bond motifs is 1. The van der Waals surface area contributed by atoms with Crippen LogP contribution >= 0.6 is 0 Å². The van der Waals surface area contributed by atoms with Crippen LogP contribution in [0.15, 0.2) is 42.6 Å². The Bertz CT molecular complexity index is 930. The summed E-state index contributed by atoms with van der Waals surface area (Å²) in [6.45, 7) is 3.56. The van der Waals surface area contributed by atoms with Crippen molar-refractivity contribution in [2.75, 3.05) is 31.7 Å². The molecule has 0 radical (unpaired) electrons. The normalized spacial score (nSPS) is 21.7. The summed E-state index contributed by atoms with van der Waals surface area (Å²) in [7, 11) is 0.